The average molecular weight is 339 g/mol. The molecule has 0 spiro atoms. The number of ether oxygens (including phenoxy) is 3. The van der Waals surface area contributed by atoms with E-state index in [4.69, 9.17) is 14.2 Å². The lowest BCUT2D eigenvalue weighted by Gasteiger charge is -2.07. The maximum Gasteiger partial charge on any atom is 0.118 e. The topological polar surface area (TPSA) is 49.6 Å². The van der Waals surface area contributed by atoms with Crippen LogP contribution in [0.2, 0.25) is 0 Å². The quantitative estimate of drug-likeness (QED) is 0.533. The highest BCUT2D eigenvalue weighted by molar-refractivity contribution is 5.26. The standard InChI is InChI=1S/C21H25NO3/c1-16(12-24-13-17-6-4-3-5-7-17)21-20(22-21)15-25-14-18-8-10-19(23-2)11-9-18/h3-11,20-22H,1,12-15H2,2H3/t20-,21-/m1/s1. The molecule has 0 aliphatic carbocycles. The molecular formula is C21H25NO3. The first kappa shape index (κ1) is 17.7. The molecule has 2 aromatic carbocycles. The first-order valence-electron chi connectivity index (χ1n) is 8.52. The third kappa shape index (κ3) is 5.43. The van der Waals surface area contributed by atoms with E-state index in [0.717, 1.165) is 16.9 Å². The van der Waals surface area contributed by atoms with Gasteiger partial charge in [-0.05, 0) is 28.8 Å². The summed E-state index contributed by atoms with van der Waals surface area (Å²) in [6, 6.07) is 18.7. The molecule has 25 heavy (non-hydrogen) atoms. The van der Waals surface area contributed by atoms with Crippen LogP contribution in [-0.4, -0.2) is 32.4 Å². The molecule has 0 saturated carbocycles. The summed E-state index contributed by atoms with van der Waals surface area (Å²) in [5, 5.41) is 3.40. The molecule has 1 saturated heterocycles. The van der Waals surface area contributed by atoms with E-state index in [1.165, 1.54) is 5.56 Å². The first-order chi connectivity index (χ1) is 12.3. The summed E-state index contributed by atoms with van der Waals surface area (Å²) in [4.78, 5) is 0. The Balaban J connectivity index is 1.30. The van der Waals surface area contributed by atoms with Gasteiger partial charge in [0.05, 0.1) is 39.6 Å². The summed E-state index contributed by atoms with van der Waals surface area (Å²) in [5.41, 5.74) is 3.40. The van der Waals surface area contributed by atoms with Crippen LogP contribution in [0, 0.1) is 0 Å². The molecule has 2 atom stereocenters. The fourth-order valence-electron chi connectivity index (χ4n) is 2.71. The van der Waals surface area contributed by atoms with E-state index in [2.05, 4.69) is 24.0 Å². The molecule has 4 heteroatoms. The van der Waals surface area contributed by atoms with Crippen molar-refractivity contribution in [1.29, 1.82) is 0 Å². The van der Waals surface area contributed by atoms with Crippen molar-refractivity contribution >= 4 is 0 Å². The van der Waals surface area contributed by atoms with Gasteiger partial charge in [-0.25, -0.2) is 0 Å². The zero-order valence-corrected chi connectivity index (χ0v) is 14.6. The van der Waals surface area contributed by atoms with Crippen molar-refractivity contribution in [3.63, 3.8) is 0 Å². The normalized spacial score (nSPS) is 18.8. The van der Waals surface area contributed by atoms with Gasteiger partial charge < -0.3 is 19.5 Å². The number of rotatable bonds is 10. The second-order valence-corrected chi connectivity index (χ2v) is 6.25. The van der Waals surface area contributed by atoms with Crippen LogP contribution in [-0.2, 0) is 22.7 Å². The van der Waals surface area contributed by atoms with Crippen LogP contribution in [0.3, 0.4) is 0 Å². The number of benzene rings is 2. The van der Waals surface area contributed by atoms with Crippen molar-refractivity contribution in [2.75, 3.05) is 20.3 Å². The van der Waals surface area contributed by atoms with E-state index in [1.54, 1.807) is 7.11 Å². The minimum absolute atomic E-state index is 0.298. The maximum absolute atomic E-state index is 5.79. The Morgan fingerprint density at radius 2 is 1.64 bits per heavy atom. The van der Waals surface area contributed by atoms with Crippen molar-refractivity contribution in [2.24, 2.45) is 0 Å². The zero-order valence-electron chi connectivity index (χ0n) is 14.6. The number of methoxy groups -OCH3 is 1. The van der Waals surface area contributed by atoms with Crippen LogP contribution >= 0.6 is 0 Å². The molecule has 3 rings (SSSR count). The Morgan fingerprint density at radius 3 is 2.36 bits per heavy atom. The summed E-state index contributed by atoms with van der Waals surface area (Å²) in [5.74, 6) is 0.861. The lowest BCUT2D eigenvalue weighted by atomic mass is 10.2. The van der Waals surface area contributed by atoms with E-state index in [9.17, 15) is 0 Å². The van der Waals surface area contributed by atoms with Gasteiger partial charge in [-0.15, -0.1) is 0 Å². The zero-order chi connectivity index (χ0) is 17.5. The number of nitrogens with one attached hydrogen (secondary N) is 1. The van der Waals surface area contributed by atoms with Crippen LogP contribution in [0.15, 0.2) is 66.7 Å². The van der Waals surface area contributed by atoms with Gasteiger partial charge in [-0.1, -0.05) is 49.0 Å². The maximum atomic E-state index is 5.79. The molecule has 1 fully saturated rings. The fraction of sp³-hybridized carbons (Fsp3) is 0.333. The van der Waals surface area contributed by atoms with Crippen molar-refractivity contribution in [3.05, 3.63) is 77.9 Å². The van der Waals surface area contributed by atoms with Gasteiger partial charge >= 0.3 is 0 Å². The van der Waals surface area contributed by atoms with Gasteiger partial charge in [-0.3, -0.25) is 0 Å². The van der Waals surface area contributed by atoms with Gasteiger partial charge in [0.1, 0.15) is 5.75 Å². The second-order valence-electron chi connectivity index (χ2n) is 6.25. The molecule has 0 unspecified atom stereocenters. The molecule has 1 aliphatic rings. The smallest absolute Gasteiger partial charge is 0.118 e. The Labute approximate surface area is 149 Å². The average Bonchev–Trinajstić information content (AvgIpc) is 3.43. The summed E-state index contributed by atoms with van der Waals surface area (Å²) in [6.07, 6.45) is 0. The molecule has 1 heterocycles. The molecule has 132 valence electrons. The number of hydrogen-bond donors (Lipinski definition) is 1. The summed E-state index contributed by atoms with van der Waals surface area (Å²) >= 11 is 0. The third-order valence-corrected chi connectivity index (χ3v) is 4.25. The number of hydrogen-bond acceptors (Lipinski definition) is 4. The van der Waals surface area contributed by atoms with Crippen molar-refractivity contribution < 1.29 is 14.2 Å². The van der Waals surface area contributed by atoms with Crippen molar-refractivity contribution in [1.82, 2.24) is 5.32 Å². The molecule has 2 aromatic rings. The summed E-state index contributed by atoms with van der Waals surface area (Å²) in [7, 11) is 1.67. The first-order valence-corrected chi connectivity index (χ1v) is 8.52. The largest absolute Gasteiger partial charge is 0.497 e. The minimum Gasteiger partial charge on any atom is -0.497 e. The van der Waals surface area contributed by atoms with Gasteiger partial charge in [-0.2, -0.15) is 0 Å². The van der Waals surface area contributed by atoms with E-state index >= 15 is 0 Å². The Hall–Kier alpha value is -2.14. The Kier molecular flexibility index (Phi) is 6.23. The van der Waals surface area contributed by atoms with Crippen LogP contribution in [0.25, 0.3) is 0 Å². The highest BCUT2D eigenvalue weighted by Gasteiger charge is 2.38. The molecule has 1 N–H and O–H groups in total. The second kappa shape index (κ2) is 8.81. The third-order valence-electron chi connectivity index (χ3n) is 4.25. The molecular weight excluding hydrogens is 314 g/mol. The van der Waals surface area contributed by atoms with Crippen LogP contribution in [0.5, 0.6) is 5.75 Å². The highest BCUT2D eigenvalue weighted by Crippen LogP contribution is 2.20. The van der Waals surface area contributed by atoms with E-state index in [1.807, 2.05) is 42.5 Å². The lowest BCUT2D eigenvalue weighted by Crippen LogP contribution is -2.09. The summed E-state index contributed by atoms with van der Waals surface area (Å²) < 4.78 is 16.7. The molecule has 0 aromatic heterocycles. The Bertz CT molecular complexity index is 669. The Morgan fingerprint density at radius 1 is 0.960 bits per heavy atom. The molecule has 0 radical (unpaired) electrons. The van der Waals surface area contributed by atoms with Crippen LogP contribution in [0.1, 0.15) is 11.1 Å². The van der Waals surface area contributed by atoms with E-state index in [0.29, 0.717) is 38.5 Å². The SMILES string of the molecule is C=C(COCc1ccccc1)[C@H]1N[C@@H]1COCc1ccc(OC)cc1. The highest BCUT2D eigenvalue weighted by atomic mass is 16.5. The predicted molar refractivity (Wildman–Crippen MR) is 98.6 cm³/mol. The molecule has 1 aliphatic heterocycles. The molecule has 0 bridgehead atoms. The van der Waals surface area contributed by atoms with Crippen LogP contribution < -0.4 is 10.1 Å². The van der Waals surface area contributed by atoms with Gasteiger partial charge in [0.2, 0.25) is 0 Å². The monoisotopic (exact) mass is 339 g/mol. The van der Waals surface area contributed by atoms with Gasteiger partial charge in [0, 0.05) is 6.04 Å². The summed E-state index contributed by atoms with van der Waals surface area (Å²) in [6.45, 7) is 6.59. The molecule has 0 amide bonds. The van der Waals surface area contributed by atoms with Crippen LogP contribution in [0.4, 0.5) is 0 Å². The van der Waals surface area contributed by atoms with Gasteiger partial charge in [0.15, 0.2) is 0 Å². The predicted octanol–water partition coefficient (Wildman–Crippen LogP) is 3.33. The van der Waals surface area contributed by atoms with Gasteiger partial charge in [0.25, 0.3) is 0 Å². The van der Waals surface area contributed by atoms with Crippen molar-refractivity contribution in [3.8, 4) is 5.75 Å². The fourth-order valence-corrected chi connectivity index (χ4v) is 2.71. The molecule has 4 nitrogen and oxygen atoms in total. The minimum atomic E-state index is 0.298. The lowest BCUT2D eigenvalue weighted by molar-refractivity contribution is 0.120. The van der Waals surface area contributed by atoms with E-state index < -0.39 is 0 Å². The van der Waals surface area contributed by atoms with E-state index in [-0.39, 0.29) is 0 Å². The van der Waals surface area contributed by atoms with Crippen molar-refractivity contribution in [2.45, 2.75) is 25.3 Å².